The Morgan fingerprint density at radius 2 is 1.89 bits per heavy atom. The van der Waals surface area contributed by atoms with Crippen LogP contribution in [-0.4, -0.2) is 28.7 Å². The second-order valence-corrected chi connectivity index (χ2v) is 6.37. The van der Waals surface area contributed by atoms with Crippen LogP contribution < -0.4 is 9.47 Å². The fourth-order valence-corrected chi connectivity index (χ4v) is 3.28. The average Bonchev–Trinajstić information content (AvgIpc) is 3.17. The molecule has 1 aliphatic rings. The second-order valence-electron chi connectivity index (χ2n) is 6.37. The van der Waals surface area contributed by atoms with Gasteiger partial charge in [-0.1, -0.05) is 12.1 Å². The van der Waals surface area contributed by atoms with E-state index in [1.165, 1.54) is 12.1 Å². The first-order chi connectivity index (χ1) is 13.2. The fraction of sp³-hybridized carbons (Fsp3) is 0.190. The van der Waals surface area contributed by atoms with Crippen LogP contribution in [0.1, 0.15) is 16.8 Å². The first-order valence-corrected chi connectivity index (χ1v) is 8.62. The van der Waals surface area contributed by atoms with Crippen LogP contribution in [0, 0.1) is 5.82 Å². The number of benzene rings is 2. The molecule has 27 heavy (non-hydrogen) atoms. The Morgan fingerprint density at radius 1 is 1.07 bits per heavy atom. The van der Waals surface area contributed by atoms with Crippen molar-refractivity contribution in [2.24, 2.45) is 0 Å². The van der Waals surface area contributed by atoms with Gasteiger partial charge in [-0.25, -0.2) is 9.37 Å². The molecule has 0 bridgehead atoms. The van der Waals surface area contributed by atoms with Crippen LogP contribution in [0.25, 0.3) is 5.70 Å². The lowest BCUT2D eigenvalue weighted by Crippen LogP contribution is -2.24. The van der Waals surface area contributed by atoms with Crippen LogP contribution in [0.2, 0.25) is 0 Å². The van der Waals surface area contributed by atoms with E-state index in [0.717, 1.165) is 40.6 Å². The minimum Gasteiger partial charge on any atom is -0.497 e. The zero-order chi connectivity index (χ0) is 18.8. The molecule has 3 aromatic rings. The fourth-order valence-electron chi connectivity index (χ4n) is 3.28. The summed E-state index contributed by atoms with van der Waals surface area (Å²) in [4.78, 5) is 6.49. The molecule has 0 saturated carbocycles. The zero-order valence-corrected chi connectivity index (χ0v) is 15.2. The number of hydrogen-bond acceptors (Lipinski definition) is 4. The predicted molar refractivity (Wildman–Crippen MR) is 101 cm³/mol. The van der Waals surface area contributed by atoms with Gasteiger partial charge in [0.2, 0.25) is 0 Å². The number of aromatic nitrogens is 2. The lowest BCUT2D eigenvalue weighted by Gasteiger charge is -2.29. The zero-order valence-electron chi connectivity index (χ0n) is 15.2. The number of ether oxygens (including phenoxy) is 2. The molecule has 2 heterocycles. The lowest BCUT2D eigenvalue weighted by atomic mass is 10.1. The van der Waals surface area contributed by atoms with Gasteiger partial charge in [0.15, 0.2) is 0 Å². The van der Waals surface area contributed by atoms with Crippen LogP contribution in [0.5, 0.6) is 11.5 Å². The lowest BCUT2D eigenvalue weighted by molar-refractivity contribution is 0.345. The number of methoxy groups -OCH3 is 2. The van der Waals surface area contributed by atoms with Crippen molar-refractivity contribution < 1.29 is 13.9 Å². The molecule has 1 aromatic heterocycles. The van der Waals surface area contributed by atoms with Gasteiger partial charge >= 0.3 is 0 Å². The van der Waals surface area contributed by atoms with Gasteiger partial charge in [-0.2, -0.15) is 0 Å². The van der Waals surface area contributed by atoms with E-state index < -0.39 is 0 Å². The number of imidazole rings is 1. The Morgan fingerprint density at radius 3 is 2.63 bits per heavy atom. The summed E-state index contributed by atoms with van der Waals surface area (Å²) in [5.41, 5.74) is 4.03. The smallest absolute Gasteiger partial charge is 0.131 e. The Bertz CT molecular complexity index is 979. The van der Waals surface area contributed by atoms with Gasteiger partial charge in [-0.05, 0) is 29.8 Å². The standard InChI is InChI=1S/C21H20FN3O2/c1-26-18-7-8-19(21(9-18)27-2)20-13-24(12-17-10-23-14-25(17)20)11-15-3-5-16(22)6-4-15/h3-10,13-14H,11-12H2,1-2H3. The van der Waals surface area contributed by atoms with Crippen molar-refractivity contribution in [2.75, 3.05) is 14.2 Å². The highest BCUT2D eigenvalue weighted by molar-refractivity contribution is 5.72. The summed E-state index contributed by atoms with van der Waals surface area (Å²) in [5, 5.41) is 0. The minimum absolute atomic E-state index is 0.227. The maximum absolute atomic E-state index is 13.2. The van der Waals surface area contributed by atoms with Crippen LogP contribution in [0.3, 0.4) is 0 Å². The van der Waals surface area contributed by atoms with Gasteiger partial charge in [-0.15, -0.1) is 0 Å². The molecule has 2 aromatic carbocycles. The van der Waals surface area contributed by atoms with Crippen molar-refractivity contribution in [3.05, 3.63) is 83.8 Å². The molecule has 0 saturated heterocycles. The predicted octanol–water partition coefficient (Wildman–Crippen LogP) is 3.90. The third-order valence-electron chi connectivity index (χ3n) is 4.63. The minimum atomic E-state index is -0.227. The summed E-state index contributed by atoms with van der Waals surface area (Å²) in [7, 11) is 3.28. The number of hydrogen-bond donors (Lipinski definition) is 0. The van der Waals surface area contributed by atoms with Gasteiger partial charge in [0.05, 0.1) is 44.7 Å². The molecule has 5 nitrogen and oxygen atoms in total. The summed E-state index contributed by atoms with van der Waals surface area (Å²) < 4.78 is 26.1. The third kappa shape index (κ3) is 3.38. The first-order valence-electron chi connectivity index (χ1n) is 8.62. The molecular formula is C21H20FN3O2. The maximum atomic E-state index is 13.2. The normalized spacial score (nSPS) is 13.1. The first kappa shape index (κ1) is 17.1. The monoisotopic (exact) mass is 365 g/mol. The van der Waals surface area contributed by atoms with E-state index in [0.29, 0.717) is 6.54 Å². The molecule has 0 spiro atoms. The molecule has 0 amide bonds. The van der Waals surface area contributed by atoms with Crippen molar-refractivity contribution in [1.82, 2.24) is 14.5 Å². The highest BCUT2D eigenvalue weighted by atomic mass is 19.1. The number of rotatable bonds is 5. The van der Waals surface area contributed by atoms with Crippen molar-refractivity contribution >= 4 is 5.70 Å². The summed E-state index contributed by atoms with van der Waals surface area (Å²) in [6, 6.07) is 12.3. The molecule has 0 aliphatic carbocycles. The SMILES string of the molecule is COc1ccc(C2=CN(Cc3ccc(F)cc3)Cc3cncn32)c(OC)c1. The third-order valence-corrected chi connectivity index (χ3v) is 4.63. The van der Waals surface area contributed by atoms with E-state index >= 15 is 0 Å². The topological polar surface area (TPSA) is 39.5 Å². The van der Waals surface area contributed by atoms with E-state index in [1.54, 1.807) is 20.5 Å². The highest BCUT2D eigenvalue weighted by Gasteiger charge is 2.21. The van der Waals surface area contributed by atoms with Crippen molar-refractivity contribution in [1.29, 1.82) is 0 Å². The molecule has 0 atom stereocenters. The molecule has 0 N–H and O–H groups in total. The van der Waals surface area contributed by atoms with Crippen LogP contribution >= 0.6 is 0 Å². The molecule has 4 rings (SSSR count). The average molecular weight is 365 g/mol. The summed E-state index contributed by atoms with van der Waals surface area (Å²) in [5.74, 6) is 1.24. The highest BCUT2D eigenvalue weighted by Crippen LogP contribution is 2.34. The van der Waals surface area contributed by atoms with Gasteiger partial charge < -0.3 is 14.4 Å². The van der Waals surface area contributed by atoms with E-state index in [4.69, 9.17) is 9.47 Å². The summed E-state index contributed by atoms with van der Waals surface area (Å²) in [6.07, 6.45) is 5.75. The van der Waals surface area contributed by atoms with Crippen molar-refractivity contribution in [3.8, 4) is 11.5 Å². The summed E-state index contributed by atoms with van der Waals surface area (Å²) >= 11 is 0. The van der Waals surface area contributed by atoms with Gasteiger partial charge in [0.1, 0.15) is 17.3 Å². The maximum Gasteiger partial charge on any atom is 0.131 e. The van der Waals surface area contributed by atoms with Crippen molar-refractivity contribution in [3.63, 3.8) is 0 Å². The van der Waals surface area contributed by atoms with Gasteiger partial charge in [0, 0.05) is 24.4 Å². The quantitative estimate of drug-likeness (QED) is 0.687. The second kappa shape index (κ2) is 7.15. The van der Waals surface area contributed by atoms with E-state index in [1.807, 2.05) is 36.5 Å². The number of fused-ring (bicyclic) bond motifs is 1. The van der Waals surface area contributed by atoms with Crippen molar-refractivity contribution in [2.45, 2.75) is 13.1 Å². The van der Waals surface area contributed by atoms with Gasteiger partial charge in [0.25, 0.3) is 0 Å². The summed E-state index contributed by atoms with van der Waals surface area (Å²) in [6.45, 7) is 1.40. The Labute approximate surface area is 157 Å². The Hall–Kier alpha value is -3.28. The van der Waals surface area contributed by atoms with Crippen LogP contribution in [0.15, 0.2) is 61.2 Å². The number of halogens is 1. The van der Waals surface area contributed by atoms with Crippen LogP contribution in [0.4, 0.5) is 4.39 Å². The number of nitrogens with zero attached hydrogens (tertiary/aromatic N) is 3. The van der Waals surface area contributed by atoms with E-state index in [9.17, 15) is 4.39 Å². The molecular weight excluding hydrogens is 345 g/mol. The largest absolute Gasteiger partial charge is 0.497 e. The van der Waals surface area contributed by atoms with E-state index in [2.05, 4.69) is 20.7 Å². The van der Waals surface area contributed by atoms with E-state index in [-0.39, 0.29) is 5.82 Å². The molecule has 0 unspecified atom stereocenters. The molecule has 0 radical (unpaired) electrons. The molecule has 138 valence electrons. The molecule has 0 fully saturated rings. The molecule has 1 aliphatic heterocycles. The molecule has 6 heteroatoms. The van der Waals surface area contributed by atoms with Crippen LogP contribution in [-0.2, 0) is 13.1 Å². The van der Waals surface area contributed by atoms with Gasteiger partial charge in [-0.3, -0.25) is 4.57 Å². The Balaban J connectivity index is 1.73. The Kier molecular flexibility index (Phi) is 4.54.